The van der Waals surface area contributed by atoms with Gasteiger partial charge < -0.3 is 11.2 Å². The molecule has 0 spiro atoms. The third-order valence-corrected chi connectivity index (χ3v) is 6.51. The van der Waals surface area contributed by atoms with Crippen LogP contribution < -0.4 is 11.2 Å². The number of hydrogen-bond acceptors (Lipinski definition) is 5. The lowest BCUT2D eigenvalue weighted by molar-refractivity contribution is 0.319. The number of halogens is 2. The molecule has 2 aromatic carbocycles. The van der Waals surface area contributed by atoms with Crippen molar-refractivity contribution < 1.29 is 4.39 Å². The maximum Gasteiger partial charge on any atom is 0.146 e. The number of nitrogens with two attached hydrogens (primary N) is 1. The van der Waals surface area contributed by atoms with Gasteiger partial charge in [0.1, 0.15) is 5.82 Å². The summed E-state index contributed by atoms with van der Waals surface area (Å²) in [5.74, 6) is 5.27. The molecule has 1 unspecified atom stereocenters. The molecule has 0 aromatic heterocycles. The van der Waals surface area contributed by atoms with Gasteiger partial charge >= 0.3 is 0 Å². The molecule has 0 aliphatic carbocycles. The average Bonchev–Trinajstić information content (AvgIpc) is 3.00. The topological polar surface area (TPSA) is 66.0 Å². The van der Waals surface area contributed by atoms with Crippen LogP contribution in [0, 0.1) is 5.82 Å². The minimum atomic E-state index is -0.327. The Kier molecular flexibility index (Phi) is 6.92. The van der Waals surface area contributed by atoms with Crippen LogP contribution in [0.4, 0.5) is 10.1 Å². The van der Waals surface area contributed by atoms with Crippen LogP contribution in [-0.2, 0) is 0 Å². The van der Waals surface area contributed by atoms with Crippen LogP contribution in [-0.4, -0.2) is 42.5 Å². The van der Waals surface area contributed by atoms with Crippen molar-refractivity contribution in [3.05, 3.63) is 70.0 Å². The van der Waals surface area contributed by atoms with Crippen LogP contribution in [0.15, 0.2) is 52.6 Å². The normalized spacial score (nSPS) is 19.6. The number of hydrazone groups is 1. The molecule has 2 aliphatic rings. The molecular formula is C25H29ClFN5. The Morgan fingerprint density at radius 1 is 1.31 bits per heavy atom. The van der Waals surface area contributed by atoms with E-state index in [1.165, 1.54) is 17.2 Å². The van der Waals surface area contributed by atoms with Gasteiger partial charge in [-0.05, 0) is 67.3 Å². The summed E-state index contributed by atoms with van der Waals surface area (Å²) in [6, 6.07) is 10.9. The van der Waals surface area contributed by atoms with Gasteiger partial charge in [0.15, 0.2) is 0 Å². The smallest absolute Gasteiger partial charge is 0.146 e. The highest BCUT2D eigenvalue weighted by molar-refractivity contribution is 6.48. The van der Waals surface area contributed by atoms with Crippen LogP contribution >= 0.6 is 11.6 Å². The number of hydrogen-bond donors (Lipinski definition) is 2. The lowest BCUT2D eigenvalue weighted by Gasteiger charge is -2.26. The molecule has 0 radical (unpaired) electrons. The van der Waals surface area contributed by atoms with Gasteiger partial charge in [0.25, 0.3) is 0 Å². The van der Waals surface area contributed by atoms with Crippen molar-refractivity contribution in [3.8, 4) is 0 Å². The van der Waals surface area contributed by atoms with Crippen LogP contribution in [0.3, 0.4) is 0 Å². The monoisotopic (exact) mass is 453 g/mol. The summed E-state index contributed by atoms with van der Waals surface area (Å²) < 4.78 is 14.5. The standard InChI is InChI=1S/C25H29ClFN5/c1-3-32-12-9-17(10-13-32)18-4-6-20-21(14-18)23(8-11-29-25(20)16(2)31-28)30-24-15-19(26)5-7-22(24)27/h4-7,9,14-15,23,30H,3,8,10-13,28H2,1-2H3. The molecule has 168 valence electrons. The molecule has 2 heterocycles. The first-order chi connectivity index (χ1) is 15.5. The summed E-state index contributed by atoms with van der Waals surface area (Å²) in [5.41, 5.74) is 6.45. The fourth-order valence-electron chi connectivity index (χ4n) is 4.39. The summed E-state index contributed by atoms with van der Waals surface area (Å²) >= 11 is 6.13. The molecule has 0 amide bonds. The predicted molar refractivity (Wildman–Crippen MR) is 132 cm³/mol. The first-order valence-corrected chi connectivity index (χ1v) is 11.4. The molecule has 0 saturated heterocycles. The van der Waals surface area contributed by atoms with Crippen LogP contribution in [0.1, 0.15) is 49.4 Å². The zero-order chi connectivity index (χ0) is 22.7. The highest BCUT2D eigenvalue weighted by Crippen LogP contribution is 2.34. The summed E-state index contributed by atoms with van der Waals surface area (Å²) in [6.07, 6.45) is 4.04. The van der Waals surface area contributed by atoms with E-state index in [4.69, 9.17) is 22.4 Å². The molecule has 0 fully saturated rings. The van der Waals surface area contributed by atoms with Crippen LogP contribution in [0.5, 0.6) is 0 Å². The zero-order valence-electron chi connectivity index (χ0n) is 18.5. The molecule has 2 aromatic rings. The summed E-state index contributed by atoms with van der Waals surface area (Å²) in [5, 5.41) is 7.76. The molecule has 7 heteroatoms. The Bertz CT molecular complexity index is 1090. The molecule has 5 nitrogen and oxygen atoms in total. The molecule has 4 rings (SSSR count). The van der Waals surface area contributed by atoms with Crippen molar-refractivity contribution in [2.75, 3.05) is 31.5 Å². The van der Waals surface area contributed by atoms with Crippen molar-refractivity contribution in [1.82, 2.24) is 4.90 Å². The Morgan fingerprint density at radius 2 is 2.16 bits per heavy atom. The second kappa shape index (κ2) is 9.84. The first-order valence-electron chi connectivity index (χ1n) is 11.1. The Hall–Kier alpha value is -2.70. The maximum absolute atomic E-state index is 14.5. The van der Waals surface area contributed by atoms with Gasteiger partial charge in [-0.15, -0.1) is 0 Å². The van der Waals surface area contributed by atoms with E-state index >= 15 is 0 Å². The molecule has 0 saturated carbocycles. The summed E-state index contributed by atoms with van der Waals surface area (Å²) in [7, 11) is 0. The van der Waals surface area contributed by atoms with E-state index in [1.807, 2.05) is 6.92 Å². The number of likely N-dealkylation sites (N-methyl/N-ethyl adjacent to an activating group) is 1. The van der Waals surface area contributed by atoms with Gasteiger partial charge in [-0.1, -0.05) is 36.7 Å². The highest BCUT2D eigenvalue weighted by Gasteiger charge is 2.25. The fraction of sp³-hybridized carbons (Fsp3) is 0.360. The maximum atomic E-state index is 14.5. The fourth-order valence-corrected chi connectivity index (χ4v) is 4.56. The van der Waals surface area contributed by atoms with Gasteiger partial charge in [0.05, 0.1) is 23.2 Å². The predicted octanol–water partition coefficient (Wildman–Crippen LogP) is 5.27. The van der Waals surface area contributed by atoms with Crippen molar-refractivity contribution in [3.63, 3.8) is 0 Å². The highest BCUT2D eigenvalue weighted by atomic mass is 35.5. The van der Waals surface area contributed by atoms with Crippen molar-refractivity contribution >= 4 is 34.3 Å². The van der Waals surface area contributed by atoms with Gasteiger partial charge in [-0.3, -0.25) is 9.89 Å². The molecular weight excluding hydrogens is 425 g/mol. The molecule has 2 aliphatic heterocycles. The number of nitrogens with zero attached hydrogens (tertiary/aromatic N) is 3. The lowest BCUT2D eigenvalue weighted by atomic mass is 9.89. The average molecular weight is 454 g/mol. The quantitative estimate of drug-likeness (QED) is 0.368. The zero-order valence-corrected chi connectivity index (χ0v) is 19.3. The molecule has 0 bridgehead atoms. The number of fused-ring (bicyclic) bond motifs is 1. The van der Waals surface area contributed by atoms with Crippen LogP contribution in [0.25, 0.3) is 5.57 Å². The number of aliphatic imine (C=N–C) groups is 1. The minimum Gasteiger partial charge on any atom is -0.376 e. The van der Waals surface area contributed by atoms with E-state index in [9.17, 15) is 4.39 Å². The van der Waals surface area contributed by atoms with E-state index in [1.54, 1.807) is 12.1 Å². The van der Waals surface area contributed by atoms with Gasteiger partial charge in [-0.2, -0.15) is 5.10 Å². The Balaban J connectivity index is 1.76. The van der Waals surface area contributed by atoms with Gasteiger partial charge in [0, 0.05) is 30.2 Å². The third-order valence-electron chi connectivity index (χ3n) is 6.28. The number of benzene rings is 2. The van der Waals surface area contributed by atoms with Gasteiger partial charge in [-0.25, -0.2) is 4.39 Å². The Labute approximate surface area is 193 Å². The molecule has 32 heavy (non-hydrogen) atoms. The lowest BCUT2D eigenvalue weighted by Crippen LogP contribution is -2.28. The van der Waals surface area contributed by atoms with Crippen molar-refractivity contribution in [2.24, 2.45) is 15.9 Å². The third kappa shape index (κ3) is 4.71. The van der Waals surface area contributed by atoms with E-state index in [0.29, 0.717) is 29.4 Å². The second-order valence-corrected chi connectivity index (χ2v) is 8.67. The first kappa shape index (κ1) is 22.5. The molecule has 1 atom stereocenters. The minimum absolute atomic E-state index is 0.124. The van der Waals surface area contributed by atoms with Gasteiger partial charge in [0.2, 0.25) is 0 Å². The second-order valence-electron chi connectivity index (χ2n) is 8.23. The van der Waals surface area contributed by atoms with Crippen molar-refractivity contribution in [1.29, 1.82) is 0 Å². The van der Waals surface area contributed by atoms with E-state index in [-0.39, 0.29) is 11.9 Å². The SMILES string of the molecule is CCN1CC=C(c2ccc3c(c2)C(Nc2cc(Cl)ccc2F)CCN=C3C(C)=NN)CC1. The number of rotatable bonds is 5. The number of nitrogens with one attached hydrogen (secondary N) is 1. The molecule has 3 N–H and O–H groups in total. The summed E-state index contributed by atoms with van der Waals surface area (Å²) in [4.78, 5) is 7.18. The van der Waals surface area contributed by atoms with E-state index in [0.717, 1.165) is 42.9 Å². The summed E-state index contributed by atoms with van der Waals surface area (Å²) in [6.45, 7) is 7.71. The van der Waals surface area contributed by atoms with Crippen molar-refractivity contribution in [2.45, 2.75) is 32.7 Å². The van der Waals surface area contributed by atoms with E-state index < -0.39 is 0 Å². The van der Waals surface area contributed by atoms with Crippen LogP contribution in [0.2, 0.25) is 5.02 Å². The largest absolute Gasteiger partial charge is 0.376 e. The van der Waals surface area contributed by atoms with E-state index in [2.05, 4.69) is 46.5 Å². The Morgan fingerprint density at radius 3 is 2.88 bits per heavy atom. The number of anilines is 1.